The first kappa shape index (κ1) is 15.7. The minimum Gasteiger partial charge on any atom is -0.478 e. The van der Waals surface area contributed by atoms with Crippen LogP contribution < -0.4 is 10.6 Å². The van der Waals surface area contributed by atoms with Crippen molar-refractivity contribution in [1.82, 2.24) is 5.32 Å². The van der Waals surface area contributed by atoms with Crippen molar-refractivity contribution in [3.63, 3.8) is 0 Å². The van der Waals surface area contributed by atoms with Gasteiger partial charge in [-0.2, -0.15) is 11.8 Å². The molecule has 21 heavy (non-hydrogen) atoms. The van der Waals surface area contributed by atoms with Gasteiger partial charge >= 0.3 is 12.0 Å². The van der Waals surface area contributed by atoms with Crippen molar-refractivity contribution in [2.75, 3.05) is 11.1 Å². The minimum absolute atomic E-state index is 0.0959. The molecule has 0 aliphatic heterocycles. The van der Waals surface area contributed by atoms with Crippen LogP contribution in [0.5, 0.6) is 0 Å². The fraction of sp³-hybridized carbons (Fsp3) is 0.467. The molecule has 1 aromatic rings. The van der Waals surface area contributed by atoms with Gasteiger partial charge in [-0.15, -0.1) is 0 Å². The number of carboxylic acids is 1. The molecule has 0 heterocycles. The predicted octanol–water partition coefficient (Wildman–Crippen LogP) is 3.18. The molecule has 2 rings (SSSR count). The molecule has 6 heteroatoms. The summed E-state index contributed by atoms with van der Waals surface area (Å²) in [6, 6.07) is 6.23. The summed E-state index contributed by atoms with van der Waals surface area (Å²) in [4.78, 5) is 23.2. The zero-order chi connectivity index (χ0) is 15.2. The van der Waals surface area contributed by atoms with Crippen molar-refractivity contribution in [3.05, 3.63) is 29.8 Å². The van der Waals surface area contributed by atoms with Crippen molar-refractivity contribution in [1.29, 1.82) is 0 Å². The van der Waals surface area contributed by atoms with Gasteiger partial charge in [0, 0.05) is 11.3 Å². The number of rotatable bonds is 5. The van der Waals surface area contributed by atoms with Crippen LogP contribution in [0.2, 0.25) is 0 Å². The van der Waals surface area contributed by atoms with Crippen LogP contribution in [0.15, 0.2) is 24.3 Å². The summed E-state index contributed by atoms with van der Waals surface area (Å²) in [5.41, 5.74) is 0.416. The summed E-state index contributed by atoms with van der Waals surface area (Å²) >= 11 is 1.87. The molecule has 114 valence electrons. The zero-order valence-corrected chi connectivity index (χ0v) is 12.8. The van der Waals surface area contributed by atoms with E-state index in [1.807, 2.05) is 11.8 Å². The first-order valence-corrected chi connectivity index (χ1v) is 8.18. The molecule has 1 aromatic carbocycles. The van der Waals surface area contributed by atoms with Crippen LogP contribution in [-0.4, -0.2) is 34.2 Å². The fourth-order valence-electron chi connectivity index (χ4n) is 2.61. The molecule has 3 N–H and O–H groups in total. The molecule has 2 unspecified atom stereocenters. The van der Waals surface area contributed by atoms with Gasteiger partial charge in [-0.25, -0.2) is 9.59 Å². The molecule has 5 nitrogen and oxygen atoms in total. The maximum atomic E-state index is 12.1. The molecule has 0 spiro atoms. The van der Waals surface area contributed by atoms with E-state index in [4.69, 9.17) is 5.11 Å². The maximum Gasteiger partial charge on any atom is 0.337 e. The maximum absolute atomic E-state index is 12.1. The number of carboxylic acid groups (broad SMARTS) is 1. The van der Waals surface area contributed by atoms with Crippen molar-refractivity contribution in [3.8, 4) is 0 Å². The van der Waals surface area contributed by atoms with E-state index in [0.717, 1.165) is 25.0 Å². The van der Waals surface area contributed by atoms with Gasteiger partial charge in [0.1, 0.15) is 0 Å². The molecule has 2 amide bonds. The fourth-order valence-corrected chi connectivity index (χ4v) is 3.81. The Morgan fingerprint density at radius 1 is 1.33 bits per heavy atom. The van der Waals surface area contributed by atoms with E-state index < -0.39 is 5.97 Å². The van der Waals surface area contributed by atoms with E-state index in [2.05, 4.69) is 17.6 Å². The van der Waals surface area contributed by atoms with Crippen LogP contribution >= 0.6 is 11.8 Å². The molecule has 2 atom stereocenters. The largest absolute Gasteiger partial charge is 0.478 e. The number of anilines is 1. The quantitative estimate of drug-likeness (QED) is 0.780. The van der Waals surface area contributed by atoms with Crippen molar-refractivity contribution in [2.24, 2.45) is 0 Å². The lowest BCUT2D eigenvalue weighted by atomic mass is 10.2. The van der Waals surface area contributed by atoms with Gasteiger partial charge < -0.3 is 15.7 Å². The highest BCUT2D eigenvalue weighted by atomic mass is 32.2. The van der Waals surface area contributed by atoms with E-state index in [0.29, 0.717) is 10.9 Å². The Morgan fingerprint density at radius 3 is 2.81 bits per heavy atom. The summed E-state index contributed by atoms with van der Waals surface area (Å²) in [5.74, 6) is -0.0158. The zero-order valence-electron chi connectivity index (χ0n) is 12.0. The second kappa shape index (κ2) is 7.36. The molecule has 1 aliphatic rings. The normalized spacial score (nSPS) is 21.0. The molecule has 0 bridgehead atoms. The lowest BCUT2D eigenvalue weighted by molar-refractivity contribution is 0.0698. The number of hydrogen-bond donors (Lipinski definition) is 3. The monoisotopic (exact) mass is 308 g/mol. The van der Waals surface area contributed by atoms with E-state index in [1.165, 1.54) is 6.07 Å². The Kier molecular flexibility index (Phi) is 5.50. The van der Waals surface area contributed by atoms with Crippen LogP contribution in [0.25, 0.3) is 0 Å². The highest BCUT2D eigenvalue weighted by Crippen LogP contribution is 2.29. The number of aromatic carboxylic acids is 1. The molecule has 1 fully saturated rings. The number of amides is 2. The van der Waals surface area contributed by atoms with Crippen LogP contribution in [0.1, 0.15) is 36.5 Å². The van der Waals surface area contributed by atoms with E-state index in [1.54, 1.807) is 18.2 Å². The van der Waals surface area contributed by atoms with Crippen molar-refractivity contribution >= 4 is 29.4 Å². The number of benzene rings is 1. The van der Waals surface area contributed by atoms with Gasteiger partial charge in [0.25, 0.3) is 0 Å². The number of urea groups is 1. The molecule has 0 aromatic heterocycles. The Morgan fingerprint density at radius 2 is 2.10 bits per heavy atom. The smallest absolute Gasteiger partial charge is 0.337 e. The third kappa shape index (κ3) is 4.14. The topological polar surface area (TPSA) is 78.4 Å². The first-order chi connectivity index (χ1) is 10.1. The van der Waals surface area contributed by atoms with Gasteiger partial charge in [-0.05, 0) is 30.7 Å². The van der Waals surface area contributed by atoms with Crippen LogP contribution in [0, 0.1) is 0 Å². The van der Waals surface area contributed by atoms with E-state index in [9.17, 15) is 9.59 Å². The van der Waals surface area contributed by atoms with Crippen LogP contribution in [-0.2, 0) is 0 Å². The second-order valence-electron chi connectivity index (χ2n) is 4.98. The first-order valence-electron chi connectivity index (χ1n) is 7.13. The van der Waals surface area contributed by atoms with E-state index in [-0.39, 0.29) is 17.6 Å². The van der Waals surface area contributed by atoms with Crippen LogP contribution in [0.4, 0.5) is 10.5 Å². The van der Waals surface area contributed by atoms with E-state index >= 15 is 0 Å². The summed E-state index contributed by atoms with van der Waals surface area (Å²) in [6.45, 7) is 2.11. The Hall–Kier alpha value is -1.69. The number of thioether (sulfide) groups is 1. The predicted molar refractivity (Wildman–Crippen MR) is 85.1 cm³/mol. The van der Waals surface area contributed by atoms with Crippen LogP contribution in [0.3, 0.4) is 0 Å². The lowest BCUT2D eigenvalue weighted by Crippen LogP contribution is -2.41. The Labute approximate surface area is 128 Å². The molecule has 1 saturated carbocycles. The lowest BCUT2D eigenvalue weighted by Gasteiger charge is -2.20. The molecular weight excluding hydrogens is 288 g/mol. The molecule has 0 saturated heterocycles. The van der Waals surface area contributed by atoms with Crippen molar-refractivity contribution < 1.29 is 14.7 Å². The highest BCUT2D eigenvalue weighted by Gasteiger charge is 2.28. The highest BCUT2D eigenvalue weighted by molar-refractivity contribution is 7.99. The minimum atomic E-state index is -1.05. The molecular formula is C15H20N2O3S. The number of carbonyl (C=O) groups excluding carboxylic acids is 1. The number of para-hydroxylation sites is 1. The second-order valence-corrected chi connectivity index (χ2v) is 6.50. The average Bonchev–Trinajstić information content (AvgIpc) is 2.86. The standard InChI is InChI=1S/C15H20N2O3S/c1-2-21-13-9-5-8-12(13)17-15(20)16-11-7-4-3-6-10(11)14(18)19/h3-4,6-7,12-13H,2,5,8-9H2,1H3,(H,18,19)(H2,16,17,20). The Bertz CT molecular complexity index is 521. The van der Waals surface area contributed by atoms with Gasteiger partial charge in [-0.1, -0.05) is 25.5 Å². The van der Waals surface area contributed by atoms with Gasteiger partial charge in [0.2, 0.25) is 0 Å². The Balaban J connectivity index is 1.97. The van der Waals surface area contributed by atoms with Gasteiger partial charge in [-0.3, -0.25) is 0 Å². The number of nitrogens with one attached hydrogen (secondary N) is 2. The average molecular weight is 308 g/mol. The summed E-state index contributed by atoms with van der Waals surface area (Å²) in [6.07, 6.45) is 3.22. The summed E-state index contributed by atoms with van der Waals surface area (Å²) < 4.78 is 0. The number of carbonyl (C=O) groups is 2. The summed E-state index contributed by atoms with van der Waals surface area (Å²) in [5, 5.41) is 15.2. The number of hydrogen-bond acceptors (Lipinski definition) is 3. The SMILES string of the molecule is CCSC1CCCC1NC(=O)Nc1ccccc1C(=O)O. The third-order valence-corrected chi connectivity index (χ3v) is 4.88. The van der Waals surface area contributed by atoms with Crippen molar-refractivity contribution in [2.45, 2.75) is 37.5 Å². The third-order valence-electron chi connectivity index (χ3n) is 3.56. The van der Waals surface area contributed by atoms with Gasteiger partial charge in [0.05, 0.1) is 11.3 Å². The molecule has 1 aliphatic carbocycles. The van der Waals surface area contributed by atoms with Gasteiger partial charge in [0.15, 0.2) is 0 Å². The summed E-state index contributed by atoms with van der Waals surface area (Å²) in [7, 11) is 0. The molecule has 0 radical (unpaired) electrons.